The second-order valence-electron chi connectivity index (χ2n) is 4.12. The van der Waals surface area contributed by atoms with Crippen LogP contribution in [-0.2, 0) is 0 Å². The average molecular weight is 236 g/mol. The topological polar surface area (TPSA) is 96.7 Å². The minimum atomic E-state index is -0.599. The summed E-state index contributed by atoms with van der Waals surface area (Å²) in [5, 5.41) is 12.8. The normalized spacial score (nSPS) is 11.9. The molecule has 1 rings (SSSR count). The predicted octanol–water partition coefficient (Wildman–Crippen LogP) is 0.350. The van der Waals surface area contributed by atoms with Gasteiger partial charge >= 0.3 is 0 Å². The zero-order chi connectivity index (χ0) is 12.8. The lowest BCUT2D eigenvalue weighted by Crippen LogP contribution is -2.28. The van der Waals surface area contributed by atoms with Crippen molar-refractivity contribution in [2.75, 3.05) is 18.4 Å². The summed E-state index contributed by atoms with van der Waals surface area (Å²) in [7, 11) is 0. The number of aliphatic hydroxyl groups is 1. The molecule has 0 saturated heterocycles. The Morgan fingerprint density at radius 3 is 2.71 bits per heavy atom. The Bertz CT molecular complexity index is 399. The van der Waals surface area contributed by atoms with Crippen molar-refractivity contribution in [2.24, 2.45) is 16.5 Å². The third-order valence-corrected chi connectivity index (χ3v) is 2.39. The molecular formula is C12H20N4O. The molecule has 0 radical (unpaired) electrons. The molecule has 94 valence electrons. The van der Waals surface area contributed by atoms with Gasteiger partial charge in [-0.05, 0) is 25.5 Å². The second kappa shape index (κ2) is 6.10. The molecule has 0 aliphatic carbocycles. The van der Waals surface area contributed by atoms with E-state index in [1.807, 2.05) is 26.0 Å². The molecule has 5 nitrogen and oxygen atoms in total. The number of hydrogen-bond donors (Lipinski definition) is 4. The lowest BCUT2D eigenvalue weighted by molar-refractivity contribution is 0.196. The third-order valence-electron chi connectivity index (χ3n) is 2.39. The lowest BCUT2D eigenvalue weighted by atomic mass is 10.1. The van der Waals surface area contributed by atoms with E-state index in [1.54, 1.807) is 0 Å². The molecule has 0 aromatic heterocycles. The number of aliphatic hydroxyl groups excluding tert-OH is 1. The van der Waals surface area contributed by atoms with E-state index in [9.17, 15) is 5.11 Å². The van der Waals surface area contributed by atoms with Crippen LogP contribution in [0, 0.1) is 13.8 Å². The Balaban J connectivity index is 2.47. The summed E-state index contributed by atoms with van der Waals surface area (Å²) in [5.74, 6) is -0.00411. The second-order valence-corrected chi connectivity index (χ2v) is 4.12. The molecule has 6 N–H and O–H groups in total. The largest absolute Gasteiger partial charge is 0.389 e. The molecule has 0 spiro atoms. The SMILES string of the molecule is Cc1ccc(NC[C@@H](O)CN=C(N)N)c(C)c1. The van der Waals surface area contributed by atoms with Gasteiger partial charge in [-0.15, -0.1) is 0 Å². The third kappa shape index (κ3) is 4.74. The summed E-state index contributed by atoms with van der Waals surface area (Å²) in [4.78, 5) is 3.76. The smallest absolute Gasteiger partial charge is 0.185 e. The Labute approximate surface area is 102 Å². The summed E-state index contributed by atoms with van der Waals surface area (Å²) in [5.41, 5.74) is 13.8. The number of anilines is 1. The first-order valence-corrected chi connectivity index (χ1v) is 5.53. The van der Waals surface area contributed by atoms with E-state index >= 15 is 0 Å². The van der Waals surface area contributed by atoms with Gasteiger partial charge in [0.2, 0.25) is 0 Å². The Kier molecular flexibility index (Phi) is 4.78. The van der Waals surface area contributed by atoms with E-state index in [0.29, 0.717) is 6.54 Å². The highest BCUT2D eigenvalue weighted by atomic mass is 16.3. The monoisotopic (exact) mass is 236 g/mol. The van der Waals surface area contributed by atoms with Crippen molar-refractivity contribution in [3.8, 4) is 0 Å². The zero-order valence-corrected chi connectivity index (χ0v) is 10.3. The minimum absolute atomic E-state index is 0.00411. The van der Waals surface area contributed by atoms with Gasteiger partial charge in [0, 0.05) is 12.2 Å². The van der Waals surface area contributed by atoms with Crippen molar-refractivity contribution >= 4 is 11.6 Å². The van der Waals surface area contributed by atoms with Crippen molar-refractivity contribution < 1.29 is 5.11 Å². The molecule has 0 amide bonds. The van der Waals surface area contributed by atoms with Gasteiger partial charge in [0.05, 0.1) is 12.6 Å². The summed E-state index contributed by atoms with van der Waals surface area (Å²) >= 11 is 0. The van der Waals surface area contributed by atoms with E-state index in [-0.39, 0.29) is 12.5 Å². The van der Waals surface area contributed by atoms with Crippen molar-refractivity contribution in [1.82, 2.24) is 0 Å². The van der Waals surface area contributed by atoms with E-state index in [1.165, 1.54) is 5.56 Å². The summed E-state index contributed by atoms with van der Waals surface area (Å²) in [6.45, 7) is 4.70. The first-order valence-electron chi connectivity index (χ1n) is 5.53. The van der Waals surface area contributed by atoms with Gasteiger partial charge in [0.15, 0.2) is 5.96 Å². The molecule has 1 aromatic carbocycles. The van der Waals surface area contributed by atoms with Crippen LogP contribution in [0.1, 0.15) is 11.1 Å². The average Bonchev–Trinajstić information content (AvgIpc) is 2.25. The number of nitrogens with zero attached hydrogens (tertiary/aromatic N) is 1. The highest BCUT2D eigenvalue weighted by molar-refractivity contribution is 5.75. The van der Waals surface area contributed by atoms with Crippen LogP contribution >= 0.6 is 0 Å². The molecule has 1 aromatic rings. The molecule has 0 fully saturated rings. The van der Waals surface area contributed by atoms with E-state index in [0.717, 1.165) is 11.3 Å². The number of aliphatic imine (C=N–C) groups is 1. The fourth-order valence-corrected chi connectivity index (χ4v) is 1.52. The van der Waals surface area contributed by atoms with Crippen molar-refractivity contribution in [1.29, 1.82) is 0 Å². The van der Waals surface area contributed by atoms with Crippen LogP contribution in [0.4, 0.5) is 5.69 Å². The Hall–Kier alpha value is -1.75. The molecule has 0 heterocycles. The number of guanidine groups is 1. The van der Waals surface area contributed by atoms with Crippen LogP contribution < -0.4 is 16.8 Å². The number of nitrogens with two attached hydrogens (primary N) is 2. The number of rotatable bonds is 5. The maximum absolute atomic E-state index is 9.62. The Morgan fingerprint density at radius 1 is 1.41 bits per heavy atom. The maximum Gasteiger partial charge on any atom is 0.185 e. The van der Waals surface area contributed by atoms with Gasteiger partial charge in [-0.25, -0.2) is 0 Å². The molecule has 0 aliphatic heterocycles. The molecule has 0 saturated carbocycles. The predicted molar refractivity (Wildman–Crippen MR) is 71.1 cm³/mol. The maximum atomic E-state index is 9.62. The highest BCUT2D eigenvalue weighted by Crippen LogP contribution is 2.15. The molecular weight excluding hydrogens is 216 g/mol. The first-order chi connectivity index (χ1) is 7.99. The molecule has 0 unspecified atom stereocenters. The van der Waals surface area contributed by atoms with Gasteiger partial charge in [-0.1, -0.05) is 17.7 Å². The van der Waals surface area contributed by atoms with Crippen molar-refractivity contribution in [3.63, 3.8) is 0 Å². The standard InChI is InChI=1S/C12H20N4O/c1-8-3-4-11(9(2)5-8)15-6-10(17)7-16-12(13)14/h3-5,10,15,17H,6-7H2,1-2H3,(H4,13,14,16)/t10-/m1/s1. The molecule has 0 aliphatic rings. The van der Waals surface area contributed by atoms with Crippen LogP contribution in [0.2, 0.25) is 0 Å². The lowest BCUT2D eigenvalue weighted by Gasteiger charge is -2.13. The summed E-state index contributed by atoms with van der Waals surface area (Å²) < 4.78 is 0. The number of aryl methyl sites for hydroxylation is 2. The molecule has 17 heavy (non-hydrogen) atoms. The van der Waals surface area contributed by atoms with Gasteiger partial charge in [-0.3, -0.25) is 4.99 Å². The minimum Gasteiger partial charge on any atom is -0.389 e. The summed E-state index contributed by atoms with van der Waals surface area (Å²) in [6.07, 6.45) is -0.599. The molecule has 0 bridgehead atoms. The summed E-state index contributed by atoms with van der Waals surface area (Å²) in [6, 6.07) is 6.11. The van der Waals surface area contributed by atoms with Gasteiger partial charge in [0.25, 0.3) is 0 Å². The molecule has 5 heteroatoms. The fourth-order valence-electron chi connectivity index (χ4n) is 1.52. The number of benzene rings is 1. The van der Waals surface area contributed by atoms with Gasteiger partial charge in [-0.2, -0.15) is 0 Å². The van der Waals surface area contributed by atoms with Crippen LogP contribution in [0.5, 0.6) is 0 Å². The van der Waals surface area contributed by atoms with Gasteiger partial charge < -0.3 is 21.9 Å². The van der Waals surface area contributed by atoms with Crippen molar-refractivity contribution in [2.45, 2.75) is 20.0 Å². The quantitative estimate of drug-likeness (QED) is 0.438. The van der Waals surface area contributed by atoms with E-state index in [4.69, 9.17) is 11.5 Å². The van der Waals surface area contributed by atoms with Crippen LogP contribution in [-0.4, -0.2) is 30.3 Å². The first kappa shape index (κ1) is 13.3. The fraction of sp³-hybridized carbons (Fsp3) is 0.417. The van der Waals surface area contributed by atoms with E-state index in [2.05, 4.69) is 16.4 Å². The van der Waals surface area contributed by atoms with Crippen LogP contribution in [0.25, 0.3) is 0 Å². The van der Waals surface area contributed by atoms with Crippen molar-refractivity contribution in [3.05, 3.63) is 29.3 Å². The molecule has 1 atom stereocenters. The van der Waals surface area contributed by atoms with Crippen LogP contribution in [0.3, 0.4) is 0 Å². The van der Waals surface area contributed by atoms with Crippen LogP contribution in [0.15, 0.2) is 23.2 Å². The van der Waals surface area contributed by atoms with Gasteiger partial charge in [0.1, 0.15) is 0 Å². The zero-order valence-electron chi connectivity index (χ0n) is 10.3. The number of hydrogen-bond acceptors (Lipinski definition) is 3. The Morgan fingerprint density at radius 2 is 2.12 bits per heavy atom. The highest BCUT2D eigenvalue weighted by Gasteiger charge is 2.04. The number of nitrogens with one attached hydrogen (secondary N) is 1. The van der Waals surface area contributed by atoms with E-state index < -0.39 is 6.10 Å².